The Morgan fingerprint density at radius 2 is 1.78 bits per heavy atom. The second-order valence-corrected chi connectivity index (χ2v) is 9.24. The lowest BCUT2D eigenvalue weighted by Gasteiger charge is -2.56. The summed E-state index contributed by atoms with van der Waals surface area (Å²) in [6, 6.07) is 0. The Balaban J connectivity index is 1.76. The molecule has 2 fully saturated rings. The summed E-state index contributed by atoms with van der Waals surface area (Å²) in [5, 5.41) is 0. The minimum absolute atomic E-state index is 0.0316. The summed E-state index contributed by atoms with van der Waals surface area (Å²) >= 11 is 0. The van der Waals surface area contributed by atoms with Gasteiger partial charge in [0.15, 0.2) is 17.2 Å². The van der Waals surface area contributed by atoms with Gasteiger partial charge in [-0.2, -0.15) is 0 Å². The van der Waals surface area contributed by atoms with Gasteiger partial charge < -0.3 is 4.74 Å². The van der Waals surface area contributed by atoms with Crippen LogP contribution in [0.5, 0.6) is 0 Å². The fraction of sp³-hybridized carbons (Fsp3) is 0.609. The maximum absolute atomic E-state index is 12.7. The van der Waals surface area contributed by atoms with Crippen molar-refractivity contribution in [3.63, 3.8) is 0 Å². The largest absolute Gasteiger partial charge is 0.451 e. The lowest BCUT2D eigenvalue weighted by molar-refractivity contribution is -0.184. The summed E-state index contributed by atoms with van der Waals surface area (Å²) in [4.78, 5) is 36.4. The highest BCUT2D eigenvalue weighted by molar-refractivity contribution is 6.01. The molecule has 4 rings (SSSR count). The van der Waals surface area contributed by atoms with Crippen LogP contribution in [0.4, 0.5) is 0 Å². The first-order chi connectivity index (χ1) is 12.6. The van der Waals surface area contributed by atoms with Gasteiger partial charge in [-0.3, -0.25) is 14.4 Å². The lowest BCUT2D eigenvalue weighted by Crippen LogP contribution is -2.57. The number of fused-ring (bicyclic) bond motifs is 5. The van der Waals surface area contributed by atoms with E-state index in [0.29, 0.717) is 24.2 Å². The molecular formula is C23H28O4. The number of hydrogen-bond donors (Lipinski definition) is 0. The van der Waals surface area contributed by atoms with Crippen molar-refractivity contribution in [2.45, 2.75) is 59.0 Å². The van der Waals surface area contributed by atoms with E-state index in [2.05, 4.69) is 32.1 Å². The number of ketones is 2. The van der Waals surface area contributed by atoms with Crippen molar-refractivity contribution in [2.75, 3.05) is 0 Å². The molecule has 27 heavy (non-hydrogen) atoms. The van der Waals surface area contributed by atoms with Gasteiger partial charge in [0.25, 0.3) is 0 Å². The summed E-state index contributed by atoms with van der Waals surface area (Å²) in [6.45, 7) is 7.34. The summed E-state index contributed by atoms with van der Waals surface area (Å²) in [5.41, 5.74) is -0.396. The number of ether oxygens (including phenoxy) is 1. The third kappa shape index (κ3) is 2.31. The average Bonchev–Trinajstić information content (AvgIpc) is 2.89. The minimum Gasteiger partial charge on any atom is -0.451 e. The van der Waals surface area contributed by atoms with Gasteiger partial charge >= 0.3 is 5.97 Å². The molecule has 4 nitrogen and oxygen atoms in total. The SMILES string of the molecule is CC(=O)O[C@]1(C(C)=O)CC[C@@H]2[C@H]3C=CC4=CC(=O)C=C[C@@]4(C)[C@@H]3CC[C@]21C. The molecule has 0 bridgehead atoms. The highest BCUT2D eigenvalue weighted by Gasteiger charge is 2.67. The molecule has 4 aliphatic carbocycles. The number of allylic oxidation sites excluding steroid dienone is 6. The fourth-order valence-corrected chi connectivity index (χ4v) is 6.71. The van der Waals surface area contributed by atoms with Crippen molar-refractivity contribution >= 4 is 17.5 Å². The quantitative estimate of drug-likeness (QED) is 0.692. The molecule has 0 saturated heterocycles. The van der Waals surface area contributed by atoms with Crippen LogP contribution in [0.15, 0.2) is 36.0 Å². The molecule has 6 atom stereocenters. The van der Waals surface area contributed by atoms with Crippen molar-refractivity contribution in [3.8, 4) is 0 Å². The molecule has 0 aliphatic heterocycles. The normalized spacial score (nSPS) is 44.8. The van der Waals surface area contributed by atoms with Crippen LogP contribution in [0.1, 0.15) is 53.4 Å². The maximum atomic E-state index is 12.7. The van der Waals surface area contributed by atoms with Crippen molar-refractivity contribution in [2.24, 2.45) is 28.6 Å². The predicted molar refractivity (Wildman–Crippen MR) is 102 cm³/mol. The van der Waals surface area contributed by atoms with Gasteiger partial charge in [0, 0.05) is 17.8 Å². The third-order valence-corrected chi connectivity index (χ3v) is 8.12. The van der Waals surface area contributed by atoms with E-state index in [9.17, 15) is 14.4 Å². The van der Waals surface area contributed by atoms with Gasteiger partial charge in [0.1, 0.15) is 0 Å². The Bertz CT molecular complexity index is 818. The maximum Gasteiger partial charge on any atom is 0.303 e. The number of rotatable bonds is 2. The predicted octanol–water partition coefficient (Wildman–Crippen LogP) is 3.96. The topological polar surface area (TPSA) is 60.4 Å². The zero-order valence-electron chi connectivity index (χ0n) is 16.6. The zero-order chi connectivity index (χ0) is 19.6. The van der Waals surface area contributed by atoms with Crippen LogP contribution in [0.2, 0.25) is 0 Å². The van der Waals surface area contributed by atoms with Gasteiger partial charge in [0.05, 0.1) is 0 Å². The minimum atomic E-state index is -1.00. The van der Waals surface area contributed by atoms with E-state index in [1.54, 1.807) is 19.1 Å². The van der Waals surface area contributed by atoms with Gasteiger partial charge in [0.2, 0.25) is 0 Å². The number of Topliss-reactive ketones (excluding diaryl/α,β-unsaturated/α-hetero) is 1. The monoisotopic (exact) mass is 368 g/mol. The summed E-state index contributed by atoms with van der Waals surface area (Å²) < 4.78 is 5.78. The molecule has 0 amide bonds. The molecular weight excluding hydrogens is 340 g/mol. The molecule has 0 aromatic rings. The van der Waals surface area contributed by atoms with Crippen LogP contribution < -0.4 is 0 Å². The Morgan fingerprint density at radius 1 is 1.07 bits per heavy atom. The molecule has 0 aromatic carbocycles. The van der Waals surface area contributed by atoms with E-state index in [1.165, 1.54) is 6.92 Å². The highest BCUT2D eigenvalue weighted by Crippen LogP contribution is 2.66. The number of carbonyl (C=O) groups excluding carboxylic acids is 3. The first kappa shape index (κ1) is 18.4. The lowest BCUT2D eigenvalue weighted by atomic mass is 9.49. The van der Waals surface area contributed by atoms with E-state index >= 15 is 0 Å². The number of carbonyl (C=O) groups is 3. The summed E-state index contributed by atoms with van der Waals surface area (Å²) in [5.74, 6) is 0.657. The van der Waals surface area contributed by atoms with Crippen LogP contribution in [0.25, 0.3) is 0 Å². The van der Waals surface area contributed by atoms with Crippen LogP contribution >= 0.6 is 0 Å². The van der Waals surface area contributed by atoms with E-state index in [-0.39, 0.29) is 28.4 Å². The van der Waals surface area contributed by atoms with Crippen molar-refractivity contribution in [1.29, 1.82) is 0 Å². The molecule has 0 spiro atoms. The Morgan fingerprint density at radius 3 is 2.44 bits per heavy atom. The summed E-state index contributed by atoms with van der Waals surface area (Å²) in [6.07, 6.45) is 13.2. The Kier molecular flexibility index (Phi) is 3.93. The second kappa shape index (κ2) is 5.76. The molecule has 0 unspecified atom stereocenters. The van der Waals surface area contributed by atoms with Crippen molar-refractivity contribution in [3.05, 3.63) is 36.0 Å². The number of hydrogen-bond acceptors (Lipinski definition) is 4. The smallest absolute Gasteiger partial charge is 0.303 e. The van der Waals surface area contributed by atoms with E-state index in [0.717, 1.165) is 24.8 Å². The fourth-order valence-electron chi connectivity index (χ4n) is 6.71. The van der Waals surface area contributed by atoms with Gasteiger partial charge in [-0.1, -0.05) is 32.1 Å². The zero-order valence-corrected chi connectivity index (χ0v) is 16.6. The van der Waals surface area contributed by atoms with Gasteiger partial charge in [-0.25, -0.2) is 0 Å². The Labute approximate surface area is 160 Å². The molecule has 0 N–H and O–H groups in total. The first-order valence-electron chi connectivity index (χ1n) is 9.98. The average molecular weight is 368 g/mol. The first-order valence-corrected chi connectivity index (χ1v) is 9.98. The van der Waals surface area contributed by atoms with Crippen LogP contribution in [-0.2, 0) is 19.1 Å². The van der Waals surface area contributed by atoms with E-state index in [4.69, 9.17) is 4.74 Å². The van der Waals surface area contributed by atoms with E-state index in [1.807, 2.05) is 0 Å². The van der Waals surface area contributed by atoms with Crippen LogP contribution in [0.3, 0.4) is 0 Å². The molecule has 144 valence electrons. The molecule has 4 aliphatic rings. The molecule has 4 heteroatoms. The molecule has 0 radical (unpaired) electrons. The van der Waals surface area contributed by atoms with E-state index < -0.39 is 5.60 Å². The van der Waals surface area contributed by atoms with Crippen LogP contribution in [0, 0.1) is 28.6 Å². The third-order valence-electron chi connectivity index (χ3n) is 8.12. The summed E-state index contributed by atoms with van der Waals surface area (Å²) in [7, 11) is 0. The highest BCUT2D eigenvalue weighted by atomic mass is 16.6. The van der Waals surface area contributed by atoms with Gasteiger partial charge in [-0.05, 0) is 68.1 Å². The van der Waals surface area contributed by atoms with Crippen molar-refractivity contribution < 1.29 is 19.1 Å². The number of esters is 1. The Hall–Kier alpha value is -1.97. The molecule has 0 heterocycles. The molecule has 0 aromatic heterocycles. The second-order valence-electron chi connectivity index (χ2n) is 9.24. The van der Waals surface area contributed by atoms with Gasteiger partial charge in [-0.15, -0.1) is 0 Å². The standard InChI is InChI=1S/C23H28O4/c1-14(24)23(27-15(2)25)12-9-20-18-6-5-16-13-17(26)7-10-21(16,3)19(18)8-11-22(20,23)4/h5-7,10,13,18-20H,8-9,11-12H2,1-4H3/t18-,19+,20+,21+,22+,23-/m0/s1. The molecule has 2 saturated carbocycles. The van der Waals surface area contributed by atoms with Crippen LogP contribution in [-0.4, -0.2) is 23.1 Å². The van der Waals surface area contributed by atoms with Crippen molar-refractivity contribution in [1.82, 2.24) is 0 Å².